The van der Waals surface area contributed by atoms with Gasteiger partial charge in [0.15, 0.2) is 0 Å². The van der Waals surface area contributed by atoms with Gasteiger partial charge in [0.05, 0.1) is 0 Å². The van der Waals surface area contributed by atoms with Crippen LogP contribution in [-0.4, -0.2) is 5.78 Å². The summed E-state index contributed by atoms with van der Waals surface area (Å²) in [6, 6.07) is 10.7. The number of ketones is 1. The number of fused-ring (bicyclic) bond motifs is 1. The van der Waals surface area contributed by atoms with Gasteiger partial charge in [-0.25, -0.2) is 0 Å². The Morgan fingerprint density at radius 2 is 1.88 bits per heavy atom. The van der Waals surface area contributed by atoms with Crippen LogP contribution in [0.2, 0.25) is 0 Å². The molecule has 3 saturated carbocycles. The largest absolute Gasteiger partial charge is 0.299 e. The van der Waals surface area contributed by atoms with Crippen LogP contribution in [0.25, 0.3) is 0 Å². The molecule has 0 saturated heterocycles. The van der Waals surface area contributed by atoms with Crippen LogP contribution in [-0.2, 0) is 4.79 Å². The molecular weight excluding hydrogens is 208 g/mol. The molecule has 3 aliphatic rings. The normalized spacial score (nSPS) is 46.8. The molecule has 0 heterocycles. The topological polar surface area (TPSA) is 17.1 Å². The predicted octanol–water partition coefficient (Wildman–Crippen LogP) is 3.55. The quantitative estimate of drug-likeness (QED) is 0.715. The lowest BCUT2D eigenvalue weighted by atomic mass is 9.70. The van der Waals surface area contributed by atoms with Crippen LogP contribution in [0.1, 0.15) is 44.1 Å². The second-order valence-electron chi connectivity index (χ2n) is 6.55. The van der Waals surface area contributed by atoms with Crippen molar-refractivity contribution in [2.75, 3.05) is 0 Å². The number of carbonyl (C=O) groups excluding carboxylic acids is 1. The lowest BCUT2D eigenvalue weighted by Gasteiger charge is -2.33. The van der Waals surface area contributed by atoms with E-state index in [1.807, 2.05) is 0 Å². The smallest absolute Gasteiger partial charge is 0.143 e. The Balaban J connectivity index is 1.75. The second kappa shape index (κ2) is 2.82. The average Bonchev–Trinajstić information content (AvgIpc) is 2.91. The Kier molecular flexibility index (Phi) is 1.64. The summed E-state index contributed by atoms with van der Waals surface area (Å²) in [7, 11) is 0. The lowest BCUT2D eigenvalue weighted by molar-refractivity contribution is -0.127. The zero-order chi connectivity index (χ0) is 11.7. The van der Waals surface area contributed by atoms with Gasteiger partial charge in [0.1, 0.15) is 5.78 Å². The van der Waals surface area contributed by atoms with E-state index < -0.39 is 0 Å². The highest BCUT2D eigenvalue weighted by Crippen LogP contribution is 2.79. The fraction of sp³-hybridized carbons (Fsp3) is 0.562. The van der Waals surface area contributed by atoms with Crippen molar-refractivity contribution in [3.05, 3.63) is 35.9 Å². The van der Waals surface area contributed by atoms with E-state index in [1.54, 1.807) is 0 Å². The first-order valence-electron chi connectivity index (χ1n) is 6.77. The number of hydrogen-bond acceptors (Lipinski definition) is 1. The van der Waals surface area contributed by atoms with Crippen LogP contribution in [0.15, 0.2) is 30.3 Å². The number of carbonyl (C=O) groups is 1. The molecule has 0 N–H and O–H groups in total. The monoisotopic (exact) mass is 226 g/mol. The molecule has 1 nitrogen and oxygen atoms in total. The Hall–Kier alpha value is -1.11. The van der Waals surface area contributed by atoms with Gasteiger partial charge in [-0.3, -0.25) is 4.79 Å². The molecule has 17 heavy (non-hydrogen) atoms. The summed E-state index contributed by atoms with van der Waals surface area (Å²) < 4.78 is 0. The Morgan fingerprint density at radius 3 is 2.65 bits per heavy atom. The van der Waals surface area contributed by atoms with Crippen molar-refractivity contribution in [3.63, 3.8) is 0 Å². The molecule has 1 spiro atoms. The summed E-state index contributed by atoms with van der Waals surface area (Å²) in [5, 5.41) is 0. The van der Waals surface area contributed by atoms with Gasteiger partial charge in [0.25, 0.3) is 0 Å². The molecule has 1 heteroatoms. The SMILES string of the molecule is CC12CCCC3(C1)C(C2=O)C3c1ccccc1. The number of rotatable bonds is 1. The van der Waals surface area contributed by atoms with Gasteiger partial charge in [-0.1, -0.05) is 43.7 Å². The maximum atomic E-state index is 12.5. The lowest BCUT2D eigenvalue weighted by Crippen LogP contribution is -2.29. The predicted molar refractivity (Wildman–Crippen MR) is 66.7 cm³/mol. The van der Waals surface area contributed by atoms with E-state index >= 15 is 0 Å². The molecule has 1 aromatic rings. The fourth-order valence-electron chi connectivity index (χ4n) is 4.92. The minimum Gasteiger partial charge on any atom is -0.299 e. The van der Waals surface area contributed by atoms with Gasteiger partial charge in [-0.2, -0.15) is 0 Å². The van der Waals surface area contributed by atoms with Crippen LogP contribution in [0, 0.1) is 16.7 Å². The molecule has 88 valence electrons. The molecule has 3 aliphatic carbocycles. The number of hydrogen-bond donors (Lipinski definition) is 0. The van der Waals surface area contributed by atoms with E-state index in [1.165, 1.54) is 18.4 Å². The second-order valence-corrected chi connectivity index (χ2v) is 6.55. The van der Waals surface area contributed by atoms with Gasteiger partial charge in [-0.05, 0) is 30.2 Å². The third-order valence-electron chi connectivity index (χ3n) is 5.59. The molecule has 0 aromatic heterocycles. The Morgan fingerprint density at radius 1 is 1.12 bits per heavy atom. The third-order valence-corrected chi connectivity index (χ3v) is 5.59. The van der Waals surface area contributed by atoms with Crippen LogP contribution < -0.4 is 0 Å². The van der Waals surface area contributed by atoms with E-state index in [0.717, 1.165) is 12.8 Å². The summed E-state index contributed by atoms with van der Waals surface area (Å²) in [6.07, 6.45) is 4.81. The summed E-state index contributed by atoms with van der Waals surface area (Å²) in [6.45, 7) is 2.20. The van der Waals surface area contributed by atoms with Crippen molar-refractivity contribution < 1.29 is 4.79 Å². The van der Waals surface area contributed by atoms with Gasteiger partial charge >= 0.3 is 0 Å². The third kappa shape index (κ3) is 1.04. The van der Waals surface area contributed by atoms with Crippen LogP contribution >= 0.6 is 0 Å². The first-order chi connectivity index (χ1) is 8.17. The van der Waals surface area contributed by atoms with Crippen molar-refractivity contribution in [1.29, 1.82) is 0 Å². The van der Waals surface area contributed by atoms with Crippen LogP contribution in [0.4, 0.5) is 0 Å². The molecule has 0 radical (unpaired) electrons. The van der Waals surface area contributed by atoms with Gasteiger partial charge in [-0.15, -0.1) is 0 Å². The molecule has 2 bridgehead atoms. The van der Waals surface area contributed by atoms with E-state index in [2.05, 4.69) is 37.3 Å². The minimum atomic E-state index is 0.0359. The van der Waals surface area contributed by atoms with Crippen LogP contribution in [0.3, 0.4) is 0 Å². The van der Waals surface area contributed by atoms with Gasteiger partial charge in [0, 0.05) is 17.3 Å². The molecule has 4 atom stereocenters. The van der Waals surface area contributed by atoms with E-state index in [0.29, 0.717) is 23.0 Å². The zero-order valence-electron chi connectivity index (χ0n) is 10.3. The van der Waals surface area contributed by atoms with E-state index in [-0.39, 0.29) is 5.41 Å². The summed E-state index contributed by atoms with van der Waals surface area (Å²) in [5.41, 5.74) is 1.80. The highest BCUT2D eigenvalue weighted by atomic mass is 16.1. The first kappa shape index (κ1) is 9.87. The molecule has 3 fully saturated rings. The van der Waals surface area contributed by atoms with Gasteiger partial charge in [0.2, 0.25) is 0 Å². The maximum Gasteiger partial charge on any atom is 0.143 e. The number of Topliss-reactive ketones (excluding diaryl/α,β-unsaturated/α-hetero) is 1. The fourth-order valence-corrected chi connectivity index (χ4v) is 4.92. The minimum absolute atomic E-state index is 0.0359. The zero-order valence-corrected chi connectivity index (χ0v) is 10.3. The van der Waals surface area contributed by atoms with E-state index in [9.17, 15) is 4.79 Å². The van der Waals surface area contributed by atoms with Crippen LogP contribution in [0.5, 0.6) is 0 Å². The Labute approximate surface area is 102 Å². The number of benzene rings is 1. The van der Waals surface area contributed by atoms with E-state index in [4.69, 9.17) is 0 Å². The molecule has 4 unspecified atom stereocenters. The highest BCUT2D eigenvalue weighted by molar-refractivity contribution is 5.95. The summed E-state index contributed by atoms with van der Waals surface area (Å²) in [5.74, 6) is 1.48. The standard InChI is InChI=1S/C16H18O/c1-15-8-5-9-16(10-15)12(13(16)14(15)17)11-6-3-2-4-7-11/h2-4,6-7,12-13H,5,8-10H2,1H3. The summed E-state index contributed by atoms with van der Waals surface area (Å²) in [4.78, 5) is 12.5. The maximum absolute atomic E-state index is 12.5. The van der Waals surface area contributed by atoms with Crippen molar-refractivity contribution >= 4 is 5.78 Å². The van der Waals surface area contributed by atoms with Crippen molar-refractivity contribution in [3.8, 4) is 0 Å². The first-order valence-corrected chi connectivity index (χ1v) is 6.77. The molecule has 1 aromatic carbocycles. The molecule has 4 rings (SSSR count). The van der Waals surface area contributed by atoms with Gasteiger partial charge < -0.3 is 0 Å². The van der Waals surface area contributed by atoms with Crippen molar-refractivity contribution in [2.24, 2.45) is 16.7 Å². The van der Waals surface area contributed by atoms with Crippen molar-refractivity contribution in [2.45, 2.75) is 38.5 Å². The van der Waals surface area contributed by atoms with Crippen molar-refractivity contribution in [1.82, 2.24) is 0 Å². The summed E-state index contributed by atoms with van der Waals surface area (Å²) >= 11 is 0. The average molecular weight is 226 g/mol. The molecule has 0 amide bonds. The Bertz CT molecular complexity index is 492. The highest BCUT2D eigenvalue weighted by Gasteiger charge is 2.77. The molecule has 0 aliphatic heterocycles. The molecular formula is C16H18O.